The Kier molecular flexibility index (Phi) is 3.71. The third kappa shape index (κ3) is 3.61. The first-order chi connectivity index (χ1) is 7.04. The van der Waals surface area contributed by atoms with Crippen molar-refractivity contribution in [1.29, 1.82) is 0 Å². The fourth-order valence-corrected chi connectivity index (χ4v) is 0.976. The monoisotopic (exact) mass is 217 g/mol. The zero-order valence-corrected chi connectivity index (χ0v) is 8.08. The highest BCUT2D eigenvalue weighted by Gasteiger charge is 2.29. The van der Waals surface area contributed by atoms with Crippen LogP contribution < -0.4 is 0 Å². The van der Waals surface area contributed by atoms with E-state index in [1.807, 2.05) is 0 Å². The Hall–Kier alpha value is -1.52. The van der Waals surface area contributed by atoms with Gasteiger partial charge in [0.2, 0.25) is 0 Å². The highest BCUT2D eigenvalue weighted by Crippen LogP contribution is 2.29. The number of rotatable bonds is 3. The van der Waals surface area contributed by atoms with E-state index in [1.165, 1.54) is 18.3 Å². The first-order valence-electron chi connectivity index (χ1n) is 4.30. The minimum absolute atomic E-state index is 0.169. The van der Waals surface area contributed by atoms with Crippen LogP contribution in [-0.2, 0) is 17.6 Å². The van der Waals surface area contributed by atoms with Crippen LogP contribution in [0.3, 0.4) is 0 Å². The molecule has 0 saturated heterocycles. The van der Waals surface area contributed by atoms with E-state index in [-0.39, 0.29) is 6.61 Å². The molecule has 0 saturated carbocycles. The predicted molar refractivity (Wildman–Crippen MR) is 50.4 cm³/mol. The topological polar surface area (TPSA) is 21.6 Å². The van der Waals surface area contributed by atoms with E-state index in [9.17, 15) is 13.2 Å². The Morgan fingerprint density at radius 1 is 1.27 bits per heavy atom. The minimum Gasteiger partial charge on any atom is -0.391 e. The van der Waals surface area contributed by atoms with E-state index >= 15 is 0 Å². The molecule has 0 atom stereocenters. The molecule has 1 aromatic rings. The third-order valence-corrected chi connectivity index (χ3v) is 1.69. The smallest absolute Gasteiger partial charge is 0.391 e. The molecule has 0 aliphatic heterocycles. The van der Waals surface area contributed by atoms with Gasteiger partial charge in [-0.1, -0.05) is 17.3 Å². The fourth-order valence-electron chi connectivity index (χ4n) is 0.976. The van der Waals surface area contributed by atoms with Crippen LogP contribution in [0.25, 0.3) is 0 Å². The third-order valence-electron chi connectivity index (χ3n) is 1.69. The van der Waals surface area contributed by atoms with Gasteiger partial charge in [0.05, 0.1) is 5.56 Å². The Bertz CT molecular complexity index is 330. The molecular weight excluding hydrogens is 207 g/mol. The van der Waals surface area contributed by atoms with Crippen LogP contribution in [0.5, 0.6) is 0 Å². The van der Waals surface area contributed by atoms with Gasteiger partial charge in [0.15, 0.2) is 0 Å². The van der Waals surface area contributed by atoms with E-state index in [0.29, 0.717) is 5.56 Å². The first kappa shape index (κ1) is 11.6. The number of alkyl halides is 3. The number of nitrogens with zero attached hydrogens (tertiary/aromatic N) is 1. The van der Waals surface area contributed by atoms with Gasteiger partial charge in [-0.3, -0.25) is 0 Å². The van der Waals surface area contributed by atoms with Crippen LogP contribution in [0, 0.1) is 0 Å². The van der Waals surface area contributed by atoms with Gasteiger partial charge in [-0.2, -0.15) is 13.2 Å². The van der Waals surface area contributed by atoms with Crippen molar-refractivity contribution in [3.63, 3.8) is 0 Å². The van der Waals surface area contributed by atoms with Gasteiger partial charge in [0.1, 0.15) is 6.61 Å². The zero-order chi connectivity index (χ0) is 11.3. The summed E-state index contributed by atoms with van der Waals surface area (Å²) in [7, 11) is 0. The highest BCUT2D eigenvalue weighted by molar-refractivity contribution is 5.52. The lowest BCUT2D eigenvalue weighted by molar-refractivity contribution is -0.137. The van der Waals surface area contributed by atoms with E-state index in [1.54, 1.807) is 6.92 Å². The second kappa shape index (κ2) is 4.82. The summed E-state index contributed by atoms with van der Waals surface area (Å²) in [4.78, 5) is 4.78. The van der Waals surface area contributed by atoms with Gasteiger partial charge in [-0.25, -0.2) is 0 Å². The summed E-state index contributed by atoms with van der Waals surface area (Å²) >= 11 is 0. The summed E-state index contributed by atoms with van der Waals surface area (Å²) in [5.41, 5.74) is -0.0150. The molecule has 0 aliphatic rings. The van der Waals surface area contributed by atoms with E-state index in [2.05, 4.69) is 5.16 Å². The molecule has 0 N–H and O–H groups in total. The molecule has 0 unspecified atom stereocenters. The van der Waals surface area contributed by atoms with Gasteiger partial charge < -0.3 is 4.84 Å². The lowest BCUT2D eigenvalue weighted by Crippen LogP contribution is -2.04. The van der Waals surface area contributed by atoms with E-state index in [4.69, 9.17) is 4.84 Å². The molecule has 1 rings (SSSR count). The van der Waals surface area contributed by atoms with Crippen LogP contribution in [0.2, 0.25) is 0 Å². The summed E-state index contributed by atoms with van der Waals surface area (Å²) < 4.78 is 36.5. The van der Waals surface area contributed by atoms with Gasteiger partial charge >= 0.3 is 6.18 Å². The molecule has 0 aromatic heterocycles. The maximum atomic E-state index is 12.2. The largest absolute Gasteiger partial charge is 0.416 e. The van der Waals surface area contributed by atoms with Crippen LogP contribution >= 0.6 is 0 Å². The summed E-state index contributed by atoms with van der Waals surface area (Å²) in [5, 5.41) is 3.49. The SMILES string of the molecule is C/C=N/OCc1ccc(C(F)(F)F)cc1. The van der Waals surface area contributed by atoms with Gasteiger partial charge in [-0.15, -0.1) is 0 Å². The molecule has 0 radical (unpaired) electrons. The Morgan fingerprint density at radius 3 is 2.33 bits per heavy atom. The first-order valence-corrected chi connectivity index (χ1v) is 4.30. The quantitative estimate of drug-likeness (QED) is 0.562. The molecule has 0 spiro atoms. The molecule has 0 fully saturated rings. The van der Waals surface area contributed by atoms with Crippen molar-refractivity contribution in [2.24, 2.45) is 5.16 Å². The van der Waals surface area contributed by atoms with Crippen molar-refractivity contribution in [1.82, 2.24) is 0 Å². The van der Waals surface area contributed by atoms with Crippen LogP contribution in [0.15, 0.2) is 29.4 Å². The van der Waals surface area contributed by atoms with Gasteiger partial charge in [0.25, 0.3) is 0 Å². The maximum absolute atomic E-state index is 12.2. The number of benzene rings is 1. The molecule has 2 nitrogen and oxygen atoms in total. The summed E-state index contributed by atoms with van der Waals surface area (Å²) in [5.74, 6) is 0. The van der Waals surface area contributed by atoms with Crippen molar-refractivity contribution < 1.29 is 18.0 Å². The number of halogens is 3. The molecule has 1 aromatic carbocycles. The summed E-state index contributed by atoms with van der Waals surface area (Å²) in [6.07, 6.45) is -2.83. The summed E-state index contributed by atoms with van der Waals surface area (Å²) in [6.45, 7) is 1.86. The normalized spacial score (nSPS) is 12.0. The maximum Gasteiger partial charge on any atom is 0.416 e. The van der Waals surface area contributed by atoms with Crippen molar-refractivity contribution in [3.8, 4) is 0 Å². The standard InChI is InChI=1S/C10H10F3NO/c1-2-14-15-7-8-3-5-9(6-4-8)10(11,12)13/h2-6H,7H2,1H3/b14-2+. The van der Waals surface area contributed by atoms with Gasteiger partial charge in [-0.05, 0) is 24.6 Å². The zero-order valence-electron chi connectivity index (χ0n) is 8.08. The highest BCUT2D eigenvalue weighted by atomic mass is 19.4. The van der Waals surface area contributed by atoms with Crippen LogP contribution in [0.4, 0.5) is 13.2 Å². The average molecular weight is 217 g/mol. The Morgan fingerprint density at radius 2 is 1.87 bits per heavy atom. The molecule has 5 heteroatoms. The van der Waals surface area contributed by atoms with E-state index < -0.39 is 11.7 Å². The molecule has 15 heavy (non-hydrogen) atoms. The fraction of sp³-hybridized carbons (Fsp3) is 0.300. The van der Waals surface area contributed by atoms with Crippen molar-refractivity contribution in [3.05, 3.63) is 35.4 Å². The molecule has 0 aliphatic carbocycles. The van der Waals surface area contributed by atoms with Crippen molar-refractivity contribution >= 4 is 6.21 Å². The second-order valence-corrected chi connectivity index (χ2v) is 2.83. The lowest BCUT2D eigenvalue weighted by atomic mass is 10.1. The van der Waals surface area contributed by atoms with Crippen LogP contribution in [0.1, 0.15) is 18.1 Å². The molecule has 0 amide bonds. The number of oxime groups is 1. The number of hydrogen-bond donors (Lipinski definition) is 0. The van der Waals surface area contributed by atoms with Crippen molar-refractivity contribution in [2.45, 2.75) is 19.7 Å². The van der Waals surface area contributed by atoms with Gasteiger partial charge in [0, 0.05) is 6.21 Å². The number of hydrogen-bond acceptors (Lipinski definition) is 2. The minimum atomic E-state index is -4.29. The second-order valence-electron chi connectivity index (χ2n) is 2.83. The lowest BCUT2D eigenvalue weighted by Gasteiger charge is -2.06. The van der Waals surface area contributed by atoms with E-state index in [0.717, 1.165) is 12.1 Å². The predicted octanol–water partition coefficient (Wildman–Crippen LogP) is 3.23. The van der Waals surface area contributed by atoms with Crippen molar-refractivity contribution in [2.75, 3.05) is 0 Å². The Balaban J connectivity index is 2.64. The average Bonchev–Trinajstić information content (AvgIpc) is 2.18. The molecule has 0 bridgehead atoms. The van der Waals surface area contributed by atoms with Crippen LogP contribution in [-0.4, -0.2) is 6.21 Å². The molecule has 0 heterocycles. The Labute approximate surface area is 85.4 Å². The molecule has 82 valence electrons. The molecular formula is C10H10F3NO. The summed E-state index contributed by atoms with van der Waals surface area (Å²) in [6, 6.07) is 4.78.